The summed E-state index contributed by atoms with van der Waals surface area (Å²) in [6, 6.07) is 6.50. The molecule has 0 aliphatic heterocycles. The van der Waals surface area contributed by atoms with Crippen molar-refractivity contribution in [3.05, 3.63) is 52.8 Å². The lowest BCUT2D eigenvalue weighted by Gasteiger charge is -2.14. The minimum Gasteiger partial charge on any atom is -0.274 e. The van der Waals surface area contributed by atoms with Crippen LogP contribution in [0.2, 0.25) is 0 Å². The van der Waals surface area contributed by atoms with Gasteiger partial charge in [0.2, 0.25) is 0 Å². The maximum Gasteiger partial charge on any atom is 0.416 e. The Morgan fingerprint density at radius 2 is 1.87 bits per heavy atom. The second-order valence-corrected chi connectivity index (χ2v) is 6.64. The van der Waals surface area contributed by atoms with Crippen molar-refractivity contribution in [2.45, 2.75) is 38.9 Å². The summed E-state index contributed by atoms with van der Waals surface area (Å²) >= 11 is 5.56. The Balaban J connectivity index is 2.40. The molecule has 1 aromatic carbocycles. The van der Waals surface area contributed by atoms with Crippen LogP contribution in [0.1, 0.15) is 48.1 Å². The molecule has 1 aromatic heterocycles. The van der Waals surface area contributed by atoms with Gasteiger partial charge < -0.3 is 0 Å². The highest BCUT2D eigenvalue weighted by atomic mass is 35.5. The number of hydrogen-bond donors (Lipinski definition) is 0. The normalized spacial score (nSPS) is 12.5. The van der Waals surface area contributed by atoms with Gasteiger partial charge in [0, 0.05) is 5.41 Å². The molecule has 0 aliphatic carbocycles. The zero-order chi connectivity index (χ0) is 17.4. The maximum atomic E-state index is 12.8. The van der Waals surface area contributed by atoms with Crippen LogP contribution >= 0.6 is 11.6 Å². The van der Waals surface area contributed by atoms with Gasteiger partial charge in [-0.15, -0.1) is 0 Å². The van der Waals surface area contributed by atoms with Crippen molar-refractivity contribution >= 4 is 16.8 Å². The quantitative estimate of drug-likeness (QED) is 0.761. The molecular weight excluding hydrogens is 329 g/mol. The van der Waals surface area contributed by atoms with E-state index in [0.717, 1.165) is 12.1 Å². The van der Waals surface area contributed by atoms with E-state index >= 15 is 0 Å². The molecule has 0 saturated heterocycles. The van der Waals surface area contributed by atoms with Gasteiger partial charge in [-0.05, 0) is 35.4 Å². The van der Waals surface area contributed by atoms with E-state index in [1.807, 2.05) is 20.8 Å². The van der Waals surface area contributed by atoms with Gasteiger partial charge in [0.05, 0.1) is 17.8 Å². The van der Waals surface area contributed by atoms with Crippen LogP contribution in [-0.2, 0) is 18.1 Å². The fourth-order valence-corrected chi connectivity index (χ4v) is 2.23. The van der Waals surface area contributed by atoms with Crippen LogP contribution in [0.3, 0.4) is 0 Å². The minimum absolute atomic E-state index is 0.0355. The number of rotatable bonds is 3. The standard InChI is InChI=1S/C16H16ClF3N2O/c1-15(2,3)13-8-12(14(17)23)22(21-13)9-10-5-4-6-11(7-10)16(18,19)20/h4-8H,9H2,1-3H3. The van der Waals surface area contributed by atoms with Crippen LogP contribution in [0.25, 0.3) is 0 Å². The lowest BCUT2D eigenvalue weighted by atomic mass is 9.92. The highest BCUT2D eigenvalue weighted by Crippen LogP contribution is 2.30. The summed E-state index contributed by atoms with van der Waals surface area (Å²) in [5.74, 6) is 0. The van der Waals surface area contributed by atoms with E-state index in [1.54, 1.807) is 12.1 Å². The van der Waals surface area contributed by atoms with E-state index in [4.69, 9.17) is 11.6 Å². The number of halogens is 4. The fourth-order valence-electron chi connectivity index (χ4n) is 2.08. The molecule has 23 heavy (non-hydrogen) atoms. The van der Waals surface area contributed by atoms with Crippen molar-refractivity contribution in [3.8, 4) is 0 Å². The summed E-state index contributed by atoms with van der Waals surface area (Å²) in [6.07, 6.45) is -4.41. The molecule has 7 heteroatoms. The molecule has 0 fully saturated rings. The molecule has 0 bridgehead atoms. The summed E-state index contributed by atoms with van der Waals surface area (Å²) in [6.45, 7) is 5.80. The van der Waals surface area contributed by atoms with Crippen molar-refractivity contribution < 1.29 is 18.0 Å². The minimum atomic E-state index is -4.41. The van der Waals surface area contributed by atoms with E-state index in [9.17, 15) is 18.0 Å². The Morgan fingerprint density at radius 3 is 2.39 bits per heavy atom. The number of carbonyl (C=O) groups is 1. The highest BCUT2D eigenvalue weighted by molar-refractivity contribution is 6.67. The van der Waals surface area contributed by atoms with Gasteiger partial charge in [-0.25, -0.2) is 0 Å². The molecule has 2 rings (SSSR count). The van der Waals surface area contributed by atoms with Crippen LogP contribution in [0.4, 0.5) is 13.2 Å². The average Bonchev–Trinajstić information content (AvgIpc) is 2.82. The first kappa shape index (κ1) is 17.5. The molecule has 0 amide bonds. The second-order valence-electron chi connectivity index (χ2n) is 6.29. The van der Waals surface area contributed by atoms with Gasteiger partial charge in [0.25, 0.3) is 5.24 Å². The largest absolute Gasteiger partial charge is 0.416 e. The van der Waals surface area contributed by atoms with Crippen molar-refractivity contribution in [2.24, 2.45) is 0 Å². The Labute approximate surface area is 137 Å². The predicted molar refractivity (Wildman–Crippen MR) is 81.7 cm³/mol. The summed E-state index contributed by atoms with van der Waals surface area (Å²) in [4.78, 5) is 11.5. The SMILES string of the molecule is CC(C)(C)c1cc(C(=O)Cl)n(Cc2cccc(C(F)(F)F)c2)n1. The van der Waals surface area contributed by atoms with E-state index in [-0.39, 0.29) is 17.7 Å². The molecule has 0 aliphatic rings. The van der Waals surface area contributed by atoms with Crippen LogP contribution in [0, 0.1) is 0 Å². The first-order valence-corrected chi connectivity index (χ1v) is 7.30. The van der Waals surface area contributed by atoms with E-state index in [0.29, 0.717) is 11.3 Å². The lowest BCUT2D eigenvalue weighted by molar-refractivity contribution is -0.137. The molecule has 0 spiro atoms. The van der Waals surface area contributed by atoms with Gasteiger partial charge >= 0.3 is 6.18 Å². The Morgan fingerprint density at radius 1 is 1.22 bits per heavy atom. The third kappa shape index (κ3) is 4.13. The summed E-state index contributed by atoms with van der Waals surface area (Å²) < 4.78 is 39.7. The van der Waals surface area contributed by atoms with E-state index in [1.165, 1.54) is 10.7 Å². The first-order chi connectivity index (χ1) is 10.5. The Kier molecular flexibility index (Phi) is 4.57. The molecule has 124 valence electrons. The molecular formula is C16H16ClF3N2O. The number of carbonyl (C=O) groups excluding carboxylic acids is 1. The zero-order valence-corrected chi connectivity index (χ0v) is 13.7. The van der Waals surface area contributed by atoms with E-state index < -0.39 is 17.0 Å². The predicted octanol–water partition coefficient (Wildman–Crippen LogP) is 4.63. The van der Waals surface area contributed by atoms with Crippen molar-refractivity contribution in [1.82, 2.24) is 9.78 Å². The molecule has 1 heterocycles. The summed E-state index contributed by atoms with van der Waals surface area (Å²) in [5, 5.41) is 3.63. The first-order valence-electron chi connectivity index (χ1n) is 6.93. The smallest absolute Gasteiger partial charge is 0.274 e. The van der Waals surface area contributed by atoms with Gasteiger partial charge in [-0.1, -0.05) is 32.9 Å². The molecule has 0 N–H and O–H groups in total. The highest BCUT2D eigenvalue weighted by Gasteiger charge is 2.30. The van der Waals surface area contributed by atoms with Crippen LogP contribution < -0.4 is 0 Å². The summed E-state index contributed by atoms with van der Waals surface area (Å²) in [5.41, 5.74) is 0.155. The van der Waals surface area contributed by atoms with E-state index in [2.05, 4.69) is 5.10 Å². The topological polar surface area (TPSA) is 34.9 Å². The molecule has 0 radical (unpaired) electrons. The Hall–Kier alpha value is -1.82. The monoisotopic (exact) mass is 344 g/mol. The van der Waals surface area contributed by atoms with Gasteiger partial charge in [0.15, 0.2) is 0 Å². The van der Waals surface area contributed by atoms with Gasteiger partial charge in [-0.3, -0.25) is 9.48 Å². The Bertz CT molecular complexity index is 730. The molecule has 2 aromatic rings. The molecule has 0 atom stereocenters. The third-order valence-corrected chi connectivity index (χ3v) is 3.53. The third-order valence-electron chi connectivity index (χ3n) is 3.34. The fraction of sp³-hybridized carbons (Fsp3) is 0.375. The van der Waals surface area contributed by atoms with Gasteiger partial charge in [0.1, 0.15) is 5.69 Å². The number of hydrogen-bond acceptors (Lipinski definition) is 2. The average molecular weight is 345 g/mol. The van der Waals surface area contributed by atoms with Crippen LogP contribution in [0.5, 0.6) is 0 Å². The molecule has 3 nitrogen and oxygen atoms in total. The molecule has 0 unspecified atom stereocenters. The molecule has 0 saturated carbocycles. The van der Waals surface area contributed by atoms with Crippen molar-refractivity contribution in [2.75, 3.05) is 0 Å². The number of aromatic nitrogens is 2. The second kappa shape index (κ2) is 6.00. The van der Waals surface area contributed by atoms with Crippen LogP contribution in [0.15, 0.2) is 30.3 Å². The van der Waals surface area contributed by atoms with Gasteiger partial charge in [-0.2, -0.15) is 18.3 Å². The number of benzene rings is 1. The summed E-state index contributed by atoms with van der Waals surface area (Å²) in [7, 11) is 0. The van der Waals surface area contributed by atoms with Crippen LogP contribution in [-0.4, -0.2) is 15.0 Å². The maximum absolute atomic E-state index is 12.8. The number of nitrogens with zero attached hydrogens (tertiary/aromatic N) is 2. The zero-order valence-electron chi connectivity index (χ0n) is 12.9. The number of alkyl halides is 3. The van der Waals surface area contributed by atoms with Crippen molar-refractivity contribution in [3.63, 3.8) is 0 Å². The van der Waals surface area contributed by atoms with Crippen molar-refractivity contribution in [1.29, 1.82) is 0 Å². The lowest BCUT2D eigenvalue weighted by Crippen LogP contribution is -2.14.